The molecule has 0 aliphatic rings. The molecule has 5 heteroatoms. The highest BCUT2D eigenvalue weighted by molar-refractivity contribution is 6.40. The second-order valence-electron chi connectivity index (χ2n) is 3.93. The lowest BCUT2D eigenvalue weighted by atomic mass is 10.1. The molecule has 19 heavy (non-hydrogen) atoms. The molecule has 2 rings (SSSR count). The van der Waals surface area contributed by atoms with Crippen molar-refractivity contribution < 1.29 is 9.59 Å². The summed E-state index contributed by atoms with van der Waals surface area (Å²) in [5.74, 6) is -1.11. The highest BCUT2D eigenvalue weighted by Gasteiger charge is 2.13. The smallest absolute Gasteiger partial charge is 0.313 e. The van der Waals surface area contributed by atoms with Gasteiger partial charge in [-0.3, -0.25) is 9.59 Å². The van der Waals surface area contributed by atoms with Crippen LogP contribution in [-0.4, -0.2) is 24.2 Å². The fourth-order valence-electron chi connectivity index (χ4n) is 1.75. The fraction of sp³-hybridized carbons (Fsp3) is 0.143. The lowest BCUT2D eigenvalue weighted by molar-refractivity contribution is -0.136. The Kier molecular flexibility index (Phi) is 4.36. The van der Waals surface area contributed by atoms with Gasteiger partial charge in [-0.15, -0.1) is 11.6 Å². The van der Waals surface area contributed by atoms with E-state index in [1.165, 1.54) is 0 Å². The normalized spacial score (nSPS) is 10.2. The summed E-state index contributed by atoms with van der Waals surface area (Å²) >= 11 is 5.44. The van der Waals surface area contributed by atoms with Gasteiger partial charge >= 0.3 is 11.8 Å². The van der Waals surface area contributed by atoms with Crippen LogP contribution in [0.3, 0.4) is 0 Å². The molecule has 0 radical (unpaired) electrons. The Bertz CT molecular complexity index is 608. The van der Waals surface area contributed by atoms with E-state index in [2.05, 4.69) is 10.6 Å². The summed E-state index contributed by atoms with van der Waals surface area (Å²) in [6.45, 7) is 0.267. The second kappa shape index (κ2) is 6.20. The predicted molar refractivity (Wildman–Crippen MR) is 76.3 cm³/mol. The van der Waals surface area contributed by atoms with E-state index in [4.69, 9.17) is 11.6 Å². The summed E-state index contributed by atoms with van der Waals surface area (Å²) in [5.41, 5.74) is 0.615. The zero-order valence-electron chi connectivity index (χ0n) is 10.2. The minimum Gasteiger partial charge on any atom is -0.347 e. The van der Waals surface area contributed by atoms with Crippen molar-refractivity contribution in [2.75, 3.05) is 17.7 Å². The van der Waals surface area contributed by atoms with Crippen LogP contribution in [0.5, 0.6) is 0 Å². The molecule has 2 aromatic rings. The molecule has 0 unspecified atom stereocenters. The number of amides is 2. The number of nitrogens with one attached hydrogen (secondary N) is 2. The standard InChI is InChI=1S/C14H13ClN2O2/c15-8-9-16-13(18)14(19)17-12-7-3-5-10-4-1-2-6-11(10)12/h1-7H,8-9H2,(H,16,18)(H,17,19). The van der Waals surface area contributed by atoms with Gasteiger partial charge in [-0.1, -0.05) is 36.4 Å². The predicted octanol–water partition coefficient (Wildman–Crippen LogP) is 2.13. The van der Waals surface area contributed by atoms with Crippen molar-refractivity contribution in [3.8, 4) is 0 Å². The third-order valence-corrected chi connectivity index (χ3v) is 2.81. The minimum atomic E-state index is -0.693. The second-order valence-corrected chi connectivity index (χ2v) is 4.30. The molecule has 98 valence electrons. The number of benzene rings is 2. The molecule has 0 saturated heterocycles. The Morgan fingerprint density at radius 3 is 2.53 bits per heavy atom. The van der Waals surface area contributed by atoms with E-state index in [9.17, 15) is 9.59 Å². The maximum atomic E-state index is 11.7. The van der Waals surface area contributed by atoms with Crippen molar-refractivity contribution in [2.45, 2.75) is 0 Å². The van der Waals surface area contributed by atoms with Crippen LogP contribution in [0.4, 0.5) is 5.69 Å². The molecular weight excluding hydrogens is 264 g/mol. The van der Waals surface area contributed by atoms with Gasteiger partial charge in [-0.25, -0.2) is 0 Å². The zero-order chi connectivity index (χ0) is 13.7. The number of anilines is 1. The number of halogens is 1. The van der Waals surface area contributed by atoms with Gasteiger partial charge in [0.2, 0.25) is 0 Å². The van der Waals surface area contributed by atoms with E-state index in [0.717, 1.165) is 10.8 Å². The molecule has 0 fully saturated rings. The molecule has 0 aromatic heterocycles. The SMILES string of the molecule is O=C(NCCCl)C(=O)Nc1cccc2ccccc12. The Hall–Kier alpha value is -2.07. The van der Waals surface area contributed by atoms with E-state index >= 15 is 0 Å². The highest BCUT2D eigenvalue weighted by Crippen LogP contribution is 2.22. The summed E-state index contributed by atoms with van der Waals surface area (Å²) in [6.07, 6.45) is 0. The lowest BCUT2D eigenvalue weighted by Crippen LogP contribution is -2.36. The summed E-state index contributed by atoms with van der Waals surface area (Å²) < 4.78 is 0. The molecule has 4 nitrogen and oxygen atoms in total. The first-order chi connectivity index (χ1) is 9.22. The molecule has 0 heterocycles. The van der Waals surface area contributed by atoms with Crippen molar-refractivity contribution in [3.63, 3.8) is 0 Å². The van der Waals surface area contributed by atoms with Crippen molar-refractivity contribution in [1.82, 2.24) is 5.32 Å². The van der Waals surface area contributed by atoms with Crippen molar-refractivity contribution in [1.29, 1.82) is 0 Å². The highest BCUT2D eigenvalue weighted by atomic mass is 35.5. The summed E-state index contributed by atoms with van der Waals surface area (Å²) in [5, 5.41) is 6.91. The average molecular weight is 277 g/mol. The van der Waals surface area contributed by atoms with E-state index in [1.54, 1.807) is 6.07 Å². The van der Waals surface area contributed by atoms with Crippen molar-refractivity contribution >= 4 is 39.9 Å². The van der Waals surface area contributed by atoms with Crippen LogP contribution in [0.15, 0.2) is 42.5 Å². The van der Waals surface area contributed by atoms with Gasteiger partial charge < -0.3 is 10.6 Å². The maximum absolute atomic E-state index is 11.7. The lowest BCUT2D eigenvalue weighted by Gasteiger charge is -2.08. The first kappa shape index (κ1) is 13.4. The van der Waals surface area contributed by atoms with Gasteiger partial charge in [0.05, 0.1) is 0 Å². The van der Waals surface area contributed by atoms with Crippen LogP contribution in [0.2, 0.25) is 0 Å². The van der Waals surface area contributed by atoms with Crippen molar-refractivity contribution in [3.05, 3.63) is 42.5 Å². The Morgan fingerprint density at radius 1 is 1.00 bits per heavy atom. The Balaban J connectivity index is 2.17. The molecule has 0 aliphatic heterocycles. The summed E-state index contributed by atoms with van der Waals surface area (Å²) in [4.78, 5) is 23.2. The van der Waals surface area contributed by atoms with Crippen LogP contribution in [-0.2, 0) is 9.59 Å². The summed E-state index contributed by atoms with van der Waals surface area (Å²) in [7, 11) is 0. The van der Waals surface area contributed by atoms with Crippen LogP contribution < -0.4 is 10.6 Å². The van der Waals surface area contributed by atoms with Crippen LogP contribution in [0.25, 0.3) is 10.8 Å². The van der Waals surface area contributed by atoms with E-state index < -0.39 is 11.8 Å². The van der Waals surface area contributed by atoms with Gasteiger partial charge in [-0.05, 0) is 11.5 Å². The van der Waals surface area contributed by atoms with E-state index in [1.807, 2.05) is 36.4 Å². The monoisotopic (exact) mass is 276 g/mol. The van der Waals surface area contributed by atoms with Gasteiger partial charge in [-0.2, -0.15) is 0 Å². The molecule has 2 N–H and O–H groups in total. The quantitative estimate of drug-likeness (QED) is 0.666. The number of hydrogen-bond acceptors (Lipinski definition) is 2. The third-order valence-electron chi connectivity index (χ3n) is 2.62. The van der Waals surface area contributed by atoms with Gasteiger partial charge in [0, 0.05) is 23.5 Å². The van der Waals surface area contributed by atoms with E-state index in [-0.39, 0.29) is 12.4 Å². The number of carbonyl (C=O) groups is 2. The molecule has 0 atom stereocenters. The van der Waals surface area contributed by atoms with Crippen molar-refractivity contribution in [2.24, 2.45) is 0 Å². The van der Waals surface area contributed by atoms with Gasteiger partial charge in [0.15, 0.2) is 0 Å². The van der Waals surface area contributed by atoms with Gasteiger partial charge in [0.1, 0.15) is 0 Å². The van der Waals surface area contributed by atoms with Gasteiger partial charge in [0.25, 0.3) is 0 Å². The Morgan fingerprint density at radius 2 is 1.74 bits per heavy atom. The number of carbonyl (C=O) groups excluding carboxylic acids is 2. The van der Waals surface area contributed by atoms with Crippen LogP contribution in [0.1, 0.15) is 0 Å². The Labute approximate surface area is 115 Å². The van der Waals surface area contributed by atoms with Crippen LogP contribution >= 0.6 is 11.6 Å². The number of rotatable bonds is 3. The molecule has 0 aliphatic carbocycles. The average Bonchev–Trinajstić information content (AvgIpc) is 2.45. The first-order valence-corrected chi connectivity index (χ1v) is 6.38. The minimum absolute atomic E-state index is 0.267. The first-order valence-electron chi connectivity index (χ1n) is 5.85. The van der Waals surface area contributed by atoms with E-state index in [0.29, 0.717) is 5.69 Å². The zero-order valence-corrected chi connectivity index (χ0v) is 10.9. The molecule has 0 saturated carbocycles. The fourth-order valence-corrected chi connectivity index (χ4v) is 1.85. The number of fused-ring (bicyclic) bond motifs is 1. The number of hydrogen-bond donors (Lipinski definition) is 2. The summed E-state index contributed by atoms with van der Waals surface area (Å²) in [6, 6.07) is 13.2. The molecule has 0 spiro atoms. The molecule has 2 aromatic carbocycles. The topological polar surface area (TPSA) is 58.2 Å². The maximum Gasteiger partial charge on any atom is 0.313 e. The van der Waals surface area contributed by atoms with Crippen LogP contribution in [0, 0.1) is 0 Å². The number of alkyl halides is 1. The largest absolute Gasteiger partial charge is 0.347 e. The molecular formula is C14H13ClN2O2. The molecule has 0 bridgehead atoms. The molecule has 2 amide bonds. The third kappa shape index (κ3) is 3.23.